The molecule has 0 aromatic heterocycles. The van der Waals surface area contributed by atoms with Crippen LogP contribution < -0.4 is 0 Å². The lowest BCUT2D eigenvalue weighted by atomic mass is 9.92. The average Bonchev–Trinajstić information content (AvgIpc) is 3.05. The third-order valence-corrected chi connectivity index (χ3v) is 5.32. The molecule has 2 fully saturated rings. The number of nitrogens with zero attached hydrogens (tertiary/aromatic N) is 1. The Kier molecular flexibility index (Phi) is 2.60. The second-order valence-corrected chi connectivity index (χ2v) is 6.71. The highest BCUT2D eigenvalue weighted by Gasteiger charge is 2.60. The van der Waals surface area contributed by atoms with Gasteiger partial charge in [-0.25, -0.2) is 4.79 Å². The highest BCUT2D eigenvalue weighted by molar-refractivity contribution is 5.72. The van der Waals surface area contributed by atoms with Gasteiger partial charge < -0.3 is 4.74 Å². The van der Waals surface area contributed by atoms with Crippen molar-refractivity contribution in [3.8, 4) is 0 Å². The van der Waals surface area contributed by atoms with Crippen LogP contribution in [-0.4, -0.2) is 29.7 Å². The summed E-state index contributed by atoms with van der Waals surface area (Å²) in [6.45, 7) is 4.92. The number of benzene rings is 1. The second kappa shape index (κ2) is 4.24. The number of rotatable bonds is 2. The summed E-state index contributed by atoms with van der Waals surface area (Å²) in [4.78, 5) is 14.2. The molecule has 4 atom stereocenters. The predicted molar refractivity (Wildman–Crippen MR) is 76.6 cm³/mol. The number of carbonyl (C=O) groups excluding carboxylic acids is 1. The highest BCUT2D eigenvalue weighted by atomic mass is 16.6. The van der Waals surface area contributed by atoms with Gasteiger partial charge in [-0.1, -0.05) is 38.1 Å². The van der Waals surface area contributed by atoms with Gasteiger partial charge in [0.1, 0.15) is 6.61 Å². The van der Waals surface area contributed by atoms with Crippen molar-refractivity contribution in [1.82, 2.24) is 4.90 Å². The third-order valence-electron chi connectivity index (χ3n) is 5.32. The molecule has 1 amide bonds. The van der Waals surface area contributed by atoms with E-state index in [1.54, 1.807) is 0 Å². The Balaban J connectivity index is 1.65. The van der Waals surface area contributed by atoms with Crippen molar-refractivity contribution in [1.29, 1.82) is 0 Å². The van der Waals surface area contributed by atoms with E-state index in [2.05, 4.69) is 43.0 Å². The molecule has 20 heavy (non-hydrogen) atoms. The smallest absolute Gasteiger partial charge is 0.410 e. The van der Waals surface area contributed by atoms with E-state index in [0.29, 0.717) is 30.4 Å². The number of aryl methyl sites for hydroxylation is 1. The summed E-state index contributed by atoms with van der Waals surface area (Å²) in [5, 5.41) is 0. The summed E-state index contributed by atoms with van der Waals surface area (Å²) < 4.78 is 5.32. The molecule has 0 unspecified atom stereocenters. The molecule has 3 heteroatoms. The molecule has 1 saturated heterocycles. The molecule has 1 aliphatic heterocycles. The minimum Gasteiger partial charge on any atom is -0.447 e. The van der Waals surface area contributed by atoms with Gasteiger partial charge in [-0.3, -0.25) is 4.90 Å². The summed E-state index contributed by atoms with van der Waals surface area (Å²) in [6, 6.07) is 9.36. The maximum atomic E-state index is 12.1. The Morgan fingerprint density at radius 2 is 2.10 bits per heavy atom. The van der Waals surface area contributed by atoms with Crippen LogP contribution in [0.4, 0.5) is 4.79 Å². The van der Waals surface area contributed by atoms with Gasteiger partial charge in [0.25, 0.3) is 0 Å². The zero-order chi connectivity index (χ0) is 13.9. The van der Waals surface area contributed by atoms with E-state index in [4.69, 9.17) is 4.74 Å². The number of hydrogen-bond donors (Lipinski definition) is 0. The van der Waals surface area contributed by atoms with Crippen LogP contribution in [-0.2, 0) is 11.2 Å². The third kappa shape index (κ3) is 1.62. The van der Waals surface area contributed by atoms with Crippen LogP contribution in [0.25, 0.3) is 0 Å². The van der Waals surface area contributed by atoms with Crippen molar-refractivity contribution in [2.24, 2.45) is 11.8 Å². The first-order valence-electron chi connectivity index (χ1n) is 7.71. The molecule has 4 rings (SSSR count). The van der Waals surface area contributed by atoms with Gasteiger partial charge in [-0.05, 0) is 35.8 Å². The molecular formula is C17H21NO2. The maximum absolute atomic E-state index is 12.1. The SMILES string of the molecule is CC(C)[C@H]1COC(=O)N1[C@H]1[C@@H]2CCc3ccccc3[C@@H]21. The van der Waals surface area contributed by atoms with Crippen LogP contribution in [0.3, 0.4) is 0 Å². The molecule has 1 saturated carbocycles. The van der Waals surface area contributed by atoms with Crippen molar-refractivity contribution < 1.29 is 9.53 Å². The van der Waals surface area contributed by atoms with Gasteiger partial charge in [0.2, 0.25) is 0 Å². The summed E-state index contributed by atoms with van der Waals surface area (Å²) in [6.07, 6.45) is 2.27. The molecule has 0 radical (unpaired) electrons. The highest BCUT2D eigenvalue weighted by Crippen LogP contribution is 2.58. The Morgan fingerprint density at radius 3 is 2.90 bits per heavy atom. The van der Waals surface area contributed by atoms with Crippen LogP contribution in [0, 0.1) is 11.8 Å². The first-order valence-corrected chi connectivity index (χ1v) is 7.71. The Hall–Kier alpha value is -1.51. The van der Waals surface area contributed by atoms with E-state index in [0.717, 1.165) is 6.42 Å². The Labute approximate surface area is 119 Å². The number of fused-ring (bicyclic) bond motifs is 3. The second-order valence-electron chi connectivity index (χ2n) is 6.71. The molecule has 2 aliphatic carbocycles. The van der Waals surface area contributed by atoms with Gasteiger partial charge >= 0.3 is 6.09 Å². The van der Waals surface area contributed by atoms with E-state index in [1.807, 2.05) is 0 Å². The van der Waals surface area contributed by atoms with Gasteiger partial charge in [0, 0.05) is 12.0 Å². The lowest BCUT2D eigenvalue weighted by molar-refractivity contribution is 0.152. The van der Waals surface area contributed by atoms with Crippen LogP contribution in [0.2, 0.25) is 0 Å². The zero-order valence-electron chi connectivity index (χ0n) is 12.1. The van der Waals surface area contributed by atoms with E-state index >= 15 is 0 Å². The topological polar surface area (TPSA) is 29.5 Å². The van der Waals surface area contributed by atoms with Gasteiger partial charge in [-0.2, -0.15) is 0 Å². The van der Waals surface area contributed by atoms with Crippen LogP contribution in [0.5, 0.6) is 0 Å². The maximum Gasteiger partial charge on any atom is 0.410 e. The summed E-state index contributed by atoms with van der Waals surface area (Å²) >= 11 is 0. The van der Waals surface area contributed by atoms with Gasteiger partial charge in [-0.15, -0.1) is 0 Å². The quantitative estimate of drug-likeness (QED) is 0.826. The molecule has 3 nitrogen and oxygen atoms in total. The molecule has 0 bridgehead atoms. The fourth-order valence-corrected chi connectivity index (χ4v) is 4.21. The molecule has 1 heterocycles. The first-order chi connectivity index (χ1) is 9.68. The zero-order valence-corrected chi connectivity index (χ0v) is 12.1. The normalized spacial score (nSPS) is 34.8. The van der Waals surface area contributed by atoms with E-state index in [1.165, 1.54) is 17.5 Å². The molecule has 3 aliphatic rings. The molecule has 1 aromatic rings. The fourth-order valence-electron chi connectivity index (χ4n) is 4.21. The largest absolute Gasteiger partial charge is 0.447 e. The van der Waals surface area contributed by atoms with Crippen molar-refractivity contribution in [3.05, 3.63) is 35.4 Å². The molecule has 0 spiro atoms. The van der Waals surface area contributed by atoms with E-state index in [9.17, 15) is 4.79 Å². The first kappa shape index (κ1) is 12.2. The number of carbonyl (C=O) groups is 1. The number of amides is 1. The molecule has 1 aromatic carbocycles. The van der Waals surface area contributed by atoms with Gasteiger partial charge in [0.05, 0.1) is 6.04 Å². The molecule has 0 N–H and O–H groups in total. The van der Waals surface area contributed by atoms with Crippen molar-refractivity contribution in [3.63, 3.8) is 0 Å². The lowest BCUT2D eigenvalue weighted by Gasteiger charge is -2.25. The minimum absolute atomic E-state index is 0.0967. The van der Waals surface area contributed by atoms with E-state index < -0.39 is 0 Å². The van der Waals surface area contributed by atoms with Crippen LogP contribution >= 0.6 is 0 Å². The fraction of sp³-hybridized carbons (Fsp3) is 0.588. The average molecular weight is 271 g/mol. The predicted octanol–water partition coefficient (Wildman–Crippen LogP) is 3.19. The summed E-state index contributed by atoms with van der Waals surface area (Å²) in [7, 11) is 0. The van der Waals surface area contributed by atoms with Crippen molar-refractivity contribution in [2.75, 3.05) is 6.61 Å². The lowest BCUT2D eigenvalue weighted by Crippen LogP contribution is -2.40. The minimum atomic E-state index is -0.0967. The van der Waals surface area contributed by atoms with Crippen molar-refractivity contribution >= 4 is 6.09 Å². The van der Waals surface area contributed by atoms with Crippen LogP contribution in [0.1, 0.15) is 37.3 Å². The molecular weight excluding hydrogens is 250 g/mol. The number of ether oxygens (including phenoxy) is 1. The van der Waals surface area contributed by atoms with Crippen LogP contribution in [0.15, 0.2) is 24.3 Å². The Morgan fingerprint density at radius 1 is 1.30 bits per heavy atom. The standard InChI is InChI=1S/C17H21NO2/c1-10(2)14-9-20-17(19)18(14)16-13-8-7-11-5-3-4-6-12(11)15(13)16/h3-6,10,13-16H,7-9H2,1-2H3/t13-,14-,15+,16+/m1/s1. The van der Waals surface area contributed by atoms with Gasteiger partial charge in [0.15, 0.2) is 0 Å². The van der Waals surface area contributed by atoms with Crippen molar-refractivity contribution in [2.45, 2.75) is 44.7 Å². The summed E-state index contributed by atoms with van der Waals surface area (Å²) in [5.74, 6) is 1.66. The Bertz CT molecular complexity index is 554. The monoisotopic (exact) mass is 271 g/mol. The molecule has 106 valence electrons. The number of hydrogen-bond acceptors (Lipinski definition) is 2. The van der Waals surface area contributed by atoms with E-state index in [-0.39, 0.29) is 12.1 Å². The summed E-state index contributed by atoms with van der Waals surface area (Å²) in [5.41, 5.74) is 2.95. The number of cyclic esters (lactones) is 1.